The summed E-state index contributed by atoms with van der Waals surface area (Å²) >= 11 is 1.74. The van der Waals surface area contributed by atoms with Crippen molar-refractivity contribution in [2.45, 2.75) is 50.9 Å². The number of hydrogen-bond acceptors (Lipinski definition) is 5. The molecule has 1 atom stereocenters. The van der Waals surface area contributed by atoms with Gasteiger partial charge in [-0.1, -0.05) is 12.5 Å². The molecule has 2 aromatic heterocycles. The van der Waals surface area contributed by atoms with Gasteiger partial charge in [-0.15, -0.1) is 11.3 Å². The minimum absolute atomic E-state index is 0.133. The number of carbonyl (C=O) groups is 2. The van der Waals surface area contributed by atoms with Gasteiger partial charge in [0.1, 0.15) is 0 Å². The lowest BCUT2D eigenvalue weighted by molar-refractivity contribution is -0.192. The standard InChI is InChI=1S/C19H26N4OS.C2HF3O2/c24-19(20-8-7-18-5-2-10-25-18)11-17-14-22(12-15-3-1-4-15)13-16-6-9-21-23(16)17;3-2(4,5)1(6)7/h2,5-6,9-10,15,17H,1,3-4,7-8,11-14H2,(H,20,24);(H,6,7). The van der Waals surface area contributed by atoms with Crippen LogP contribution in [0.1, 0.15) is 42.3 Å². The number of aromatic nitrogens is 2. The molecule has 3 heterocycles. The van der Waals surface area contributed by atoms with Gasteiger partial charge in [-0.25, -0.2) is 4.79 Å². The molecule has 0 bridgehead atoms. The molecule has 0 spiro atoms. The summed E-state index contributed by atoms with van der Waals surface area (Å²) in [6.07, 6.45) is 2.32. The molecule has 2 aromatic rings. The normalized spacial score (nSPS) is 18.8. The fourth-order valence-electron chi connectivity index (χ4n) is 3.86. The average Bonchev–Trinajstić information content (AvgIpc) is 3.36. The molecule has 7 nitrogen and oxygen atoms in total. The van der Waals surface area contributed by atoms with E-state index in [1.165, 1.54) is 36.4 Å². The second kappa shape index (κ2) is 11.0. The van der Waals surface area contributed by atoms with Crippen molar-refractivity contribution in [2.24, 2.45) is 5.92 Å². The van der Waals surface area contributed by atoms with Gasteiger partial charge >= 0.3 is 12.1 Å². The Labute approximate surface area is 188 Å². The van der Waals surface area contributed by atoms with E-state index in [0.717, 1.165) is 25.4 Å². The number of carboxylic acid groups (broad SMARTS) is 1. The number of halogens is 3. The summed E-state index contributed by atoms with van der Waals surface area (Å²) in [7, 11) is 0. The molecular weight excluding hydrogens is 445 g/mol. The fraction of sp³-hybridized carbons (Fsp3) is 0.571. The second-order valence-corrected chi connectivity index (χ2v) is 9.13. The topological polar surface area (TPSA) is 87.5 Å². The highest BCUT2D eigenvalue weighted by Gasteiger charge is 2.38. The molecule has 2 aliphatic rings. The van der Waals surface area contributed by atoms with Crippen LogP contribution in [-0.2, 0) is 22.6 Å². The fourth-order valence-corrected chi connectivity index (χ4v) is 4.57. The molecular formula is C21H27F3N4O3S. The monoisotopic (exact) mass is 472 g/mol. The first-order chi connectivity index (χ1) is 15.2. The summed E-state index contributed by atoms with van der Waals surface area (Å²) in [5.74, 6) is -1.77. The first-order valence-corrected chi connectivity index (χ1v) is 11.4. The van der Waals surface area contributed by atoms with Crippen molar-refractivity contribution in [3.8, 4) is 0 Å². The van der Waals surface area contributed by atoms with E-state index in [0.29, 0.717) is 13.0 Å². The van der Waals surface area contributed by atoms with Crippen LogP contribution < -0.4 is 5.32 Å². The van der Waals surface area contributed by atoms with Crippen LogP contribution in [-0.4, -0.2) is 57.5 Å². The van der Waals surface area contributed by atoms with Crippen LogP contribution in [0.2, 0.25) is 0 Å². The highest BCUT2D eigenvalue weighted by atomic mass is 32.1. The number of amides is 1. The maximum absolute atomic E-state index is 12.4. The summed E-state index contributed by atoms with van der Waals surface area (Å²) in [5, 5.41) is 16.8. The van der Waals surface area contributed by atoms with Crippen LogP contribution in [0.5, 0.6) is 0 Å². The molecule has 1 aliphatic carbocycles. The molecule has 2 N–H and O–H groups in total. The number of hydrogen-bond donors (Lipinski definition) is 2. The van der Waals surface area contributed by atoms with E-state index in [4.69, 9.17) is 9.90 Å². The zero-order chi connectivity index (χ0) is 23.1. The number of thiophene rings is 1. The van der Waals surface area contributed by atoms with Gasteiger partial charge in [-0.05, 0) is 42.7 Å². The predicted octanol–water partition coefficient (Wildman–Crippen LogP) is 3.48. The first-order valence-electron chi connectivity index (χ1n) is 10.6. The van der Waals surface area contributed by atoms with Crippen molar-refractivity contribution in [1.29, 1.82) is 0 Å². The van der Waals surface area contributed by atoms with Gasteiger partial charge in [0.2, 0.25) is 5.91 Å². The first kappa shape index (κ1) is 24.2. The molecule has 32 heavy (non-hydrogen) atoms. The highest BCUT2D eigenvalue weighted by molar-refractivity contribution is 7.09. The minimum Gasteiger partial charge on any atom is -0.475 e. The Morgan fingerprint density at radius 3 is 2.62 bits per heavy atom. The lowest BCUT2D eigenvalue weighted by Gasteiger charge is -2.38. The van der Waals surface area contributed by atoms with Gasteiger partial charge in [-0.3, -0.25) is 14.4 Å². The van der Waals surface area contributed by atoms with E-state index >= 15 is 0 Å². The van der Waals surface area contributed by atoms with Crippen molar-refractivity contribution in [3.05, 3.63) is 40.3 Å². The lowest BCUT2D eigenvalue weighted by Crippen LogP contribution is -2.42. The molecule has 4 rings (SSSR count). The molecule has 11 heteroatoms. The van der Waals surface area contributed by atoms with Gasteiger partial charge in [0.05, 0.1) is 18.2 Å². The Morgan fingerprint density at radius 2 is 2.03 bits per heavy atom. The number of carboxylic acids is 1. The van der Waals surface area contributed by atoms with E-state index < -0.39 is 12.1 Å². The molecule has 1 fully saturated rings. The van der Waals surface area contributed by atoms with Gasteiger partial charge < -0.3 is 10.4 Å². The number of alkyl halides is 3. The number of fused-ring (bicyclic) bond motifs is 1. The maximum atomic E-state index is 12.4. The highest BCUT2D eigenvalue weighted by Crippen LogP contribution is 2.30. The third-order valence-electron chi connectivity index (χ3n) is 5.63. The third-order valence-corrected chi connectivity index (χ3v) is 6.57. The van der Waals surface area contributed by atoms with Gasteiger partial charge in [0, 0.05) is 37.3 Å². The number of nitrogens with one attached hydrogen (secondary N) is 1. The van der Waals surface area contributed by atoms with Crippen LogP contribution in [0, 0.1) is 5.92 Å². The Hall–Kier alpha value is -2.40. The molecule has 0 aromatic carbocycles. The molecule has 1 aliphatic heterocycles. The Balaban J connectivity index is 0.000000360. The van der Waals surface area contributed by atoms with E-state index in [2.05, 4.69) is 43.6 Å². The van der Waals surface area contributed by atoms with Crippen molar-refractivity contribution in [3.63, 3.8) is 0 Å². The van der Waals surface area contributed by atoms with Crippen LogP contribution >= 0.6 is 11.3 Å². The Morgan fingerprint density at radius 1 is 1.28 bits per heavy atom. The summed E-state index contributed by atoms with van der Waals surface area (Å²) in [6, 6.07) is 6.42. The summed E-state index contributed by atoms with van der Waals surface area (Å²) in [6.45, 7) is 3.78. The van der Waals surface area contributed by atoms with Crippen molar-refractivity contribution in [2.75, 3.05) is 19.6 Å². The van der Waals surface area contributed by atoms with E-state index in [1.807, 2.05) is 6.20 Å². The van der Waals surface area contributed by atoms with E-state index in [-0.39, 0.29) is 11.9 Å². The van der Waals surface area contributed by atoms with Crippen LogP contribution in [0.4, 0.5) is 13.2 Å². The average molecular weight is 473 g/mol. The predicted molar refractivity (Wildman–Crippen MR) is 113 cm³/mol. The molecule has 1 amide bonds. The Kier molecular flexibility index (Phi) is 8.30. The van der Waals surface area contributed by atoms with Crippen molar-refractivity contribution < 1.29 is 27.9 Å². The number of carbonyl (C=O) groups excluding carboxylic acids is 1. The largest absolute Gasteiger partial charge is 0.490 e. The number of aliphatic carboxylic acids is 1. The minimum atomic E-state index is -5.08. The van der Waals surface area contributed by atoms with E-state index in [9.17, 15) is 18.0 Å². The van der Waals surface area contributed by atoms with Gasteiger partial charge in [0.25, 0.3) is 0 Å². The summed E-state index contributed by atoms with van der Waals surface area (Å²) < 4.78 is 33.8. The van der Waals surface area contributed by atoms with Crippen LogP contribution in [0.25, 0.3) is 0 Å². The molecule has 0 saturated heterocycles. The van der Waals surface area contributed by atoms with Crippen molar-refractivity contribution >= 4 is 23.2 Å². The number of nitrogens with zero attached hydrogens (tertiary/aromatic N) is 3. The van der Waals surface area contributed by atoms with Gasteiger partial charge in [0.15, 0.2) is 0 Å². The van der Waals surface area contributed by atoms with Crippen LogP contribution in [0.15, 0.2) is 29.8 Å². The SMILES string of the molecule is O=C(CC1CN(CC2CCC2)Cc2ccnn21)NCCc1cccs1.O=C(O)C(F)(F)F. The quantitative estimate of drug-likeness (QED) is 0.644. The van der Waals surface area contributed by atoms with Crippen LogP contribution in [0.3, 0.4) is 0 Å². The van der Waals surface area contributed by atoms with Crippen molar-refractivity contribution in [1.82, 2.24) is 20.0 Å². The maximum Gasteiger partial charge on any atom is 0.490 e. The van der Waals surface area contributed by atoms with E-state index in [1.54, 1.807) is 11.3 Å². The Bertz CT molecular complexity index is 881. The zero-order valence-electron chi connectivity index (χ0n) is 17.6. The number of rotatable bonds is 7. The summed E-state index contributed by atoms with van der Waals surface area (Å²) in [4.78, 5) is 25.1. The zero-order valence-corrected chi connectivity index (χ0v) is 18.4. The molecule has 1 unspecified atom stereocenters. The third kappa shape index (κ3) is 7.06. The molecule has 176 valence electrons. The lowest BCUT2D eigenvalue weighted by atomic mass is 9.85. The molecule has 1 saturated carbocycles. The summed E-state index contributed by atoms with van der Waals surface area (Å²) in [5.41, 5.74) is 1.24. The van der Waals surface area contributed by atoms with Gasteiger partial charge in [-0.2, -0.15) is 18.3 Å². The smallest absolute Gasteiger partial charge is 0.475 e. The molecule has 0 radical (unpaired) electrons. The second-order valence-electron chi connectivity index (χ2n) is 8.10.